The van der Waals surface area contributed by atoms with E-state index in [-0.39, 0.29) is 17.5 Å². The number of benzene rings is 2. The molecular formula is C23H27F2NO. The van der Waals surface area contributed by atoms with Crippen LogP contribution in [0.15, 0.2) is 47.5 Å². The molecule has 1 heterocycles. The van der Waals surface area contributed by atoms with Crippen LogP contribution in [0.1, 0.15) is 68.2 Å². The van der Waals surface area contributed by atoms with Crippen molar-refractivity contribution >= 4 is 5.90 Å². The first-order chi connectivity index (χ1) is 13.2. The number of halogens is 2. The summed E-state index contributed by atoms with van der Waals surface area (Å²) < 4.78 is 33.3. The minimum Gasteiger partial charge on any atom is -0.475 e. The first kappa shape index (κ1) is 19.5. The Morgan fingerprint density at radius 2 is 1.59 bits per heavy atom. The molecule has 0 bridgehead atoms. The largest absolute Gasteiger partial charge is 0.475 e. The van der Waals surface area contributed by atoms with Gasteiger partial charge >= 0.3 is 0 Å². The average Bonchev–Trinajstić information content (AvgIpc) is 3.14. The highest BCUT2D eigenvalue weighted by Gasteiger charge is 2.25. The Kier molecular flexibility index (Phi) is 6.97. The molecule has 1 atom stereocenters. The summed E-state index contributed by atoms with van der Waals surface area (Å²) in [4.78, 5) is 4.40. The first-order valence-electron chi connectivity index (χ1n) is 9.93. The molecule has 0 amide bonds. The third-order valence-corrected chi connectivity index (χ3v) is 5.01. The molecule has 0 spiro atoms. The zero-order valence-corrected chi connectivity index (χ0v) is 15.9. The molecule has 1 unspecified atom stereocenters. The predicted molar refractivity (Wildman–Crippen MR) is 105 cm³/mol. The van der Waals surface area contributed by atoms with Gasteiger partial charge in [-0.1, -0.05) is 69.4 Å². The molecule has 144 valence electrons. The molecule has 27 heavy (non-hydrogen) atoms. The summed E-state index contributed by atoms with van der Waals surface area (Å²) in [7, 11) is 0. The number of hydrogen-bond acceptors (Lipinski definition) is 2. The molecule has 0 aromatic heterocycles. The molecule has 0 saturated heterocycles. The van der Waals surface area contributed by atoms with Gasteiger partial charge in [-0.2, -0.15) is 0 Å². The fraction of sp³-hybridized carbons (Fsp3) is 0.435. The van der Waals surface area contributed by atoms with Gasteiger partial charge in [0.1, 0.15) is 29.8 Å². The van der Waals surface area contributed by atoms with E-state index in [1.54, 1.807) is 0 Å². The van der Waals surface area contributed by atoms with Crippen molar-refractivity contribution in [2.45, 2.75) is 57.9 Å². The van der Waals surface area contributed by atoms with Crippen LogP contribution >= 0.6 is 0 Å². The maximum absolute atomic E-state index is 13.9. The second-order valence-corrected chi connectivity index (χ2v) is 7.12. The van der Waals surface area contributed by atoms with E-state index in [0.29, 0.717) is 6.61 Å². The standard InChI is InChI=1S/C23H27F2NO/c1-2-3-4-5-6-7-9-17-12-14-18(15-13-17)21-16-27-23(26-21)22-19(24)10-8-11-20(22)25/h8,10-15,21H,2-7,9,16H2,1H3. The molecular weight excluding hydrogens is 344 g/mol. The maximum atomic E-state index is 13.9. The van der Waals surface area contributed by atoms with Crippen LogP contribution in [-0.4, -0.2) is 12.5 Å². The van der Waals surface area contributed by atoms with Gasteiger partial charge in [0.2, 0.25) is 5.90 Å². The van der Waals surface area contributed by atoms with E-state index < -0.39 is 11.6 Å². The number of rotatable bonds is 9. The summed E-state index contributed by atoms with van der Waals surface area (Å²) in [5.74, 6) is -1.25. The highest BCUT2D eigenvalue weighted by atomic mass is 19.1. The fourth-order valence-corrected chi connectivity index (χ4v) is 3.40. The summed E-state index contributed by atoms with van der Waals surface area (Å²) in [5.41, 5.74) is 2.14. The SMILES string of the molecule is CCCCCCCCc1ccc(C2COC(c3c(F)cccc3F)=N2)cc1. The van der Waals surface area contributed by atoms with Gasteiger partial charge in [0.25, 0.3) is 0 Å². The van der Waals surface area contributed by atoms with E-state index in [0.717, 1.165) is 12.0 Å². The molecule has 0 radical (unpaired) electrons. The Morgan fingerprint density at radius 1 is 0.926 bits per heavy atom. The Hall–Kier alpha value is -2.23. The molecule has 0 fully saturated rings. The highest BCUT2D eigenvalue weighted by Crippen LogP contribution is 2.27. The lowest BCUT2D eigenvalue weighted by molar-refractivity contribution is 0.317. The third kappa shape index (κ3) is 5.15. The van der Waals surface area contributed by atoms with Gasteiger partial charge in [0.05, 0.1) is 0 Å². The summed E-state index contributed by atoms with van der Waals surface area (Å²) in [6.45, 7) is 2.54. The van der Waals surface area contributed by atoms with Crippen LogP contribution in [0.2, 0.25) is 0 Å². The van der Waals surface area contributed by atoms with Crippen molar-refractivity contribution < 1.29 is 13.5 Å². The van der Waals surface area contributed by atoms with Crippen molar-refractivity contribution in [3.8, 4) is 0 Å². The van der Waals surface area contributed by atoms with Crippen LogP contribution in [0.4, 0.5) is 8.78 Å². The summed E-state index contributed by atoms with van der Waals surface area (Å²) in [6, 6.07) is 11.9. The summed E-state index contributed by atoms with van der Waals surface area (Å²) in [5, 5.41) is 0. The number of aliphatic imine (C=N–C) groups is 1. The smallest absolute Gasteiger partial charge is 0.222 e. The van der Waals surface area contributed by atoms with Gasteiger partial charge in [-0.3, -0.25) is 0 Å². The van der Waals surface area contributed by atoms with E-state index in [4.69, 9.17) is 4.74 Å². The van der Waals surface area contributed by atoms with E-state index in [9.17, 15) is 8.78 Å². The van der Waals surface area contributed by atoms with Crippen LogP contribution in [0.3, 0.4) is 0 Å². The van der Waals surface area contributed by atoms with E-state index in [1.807, 2.05) is 12.1 Å². The van der Waals surface area contributed by atoms with Crippen molar-refractivity contribution in [3.63, 3.8) is 0 Å². The minimum absolute atomic E-state index is 0.0479. The molecule has 1 aliphatic rings. The van der Waals surface area contributed by atoms with Gasteiger partial charge in [0, 0.05) is 0 Å². The van der Waals surface area contributed by atoms with E-state index in [1.165, 1.54) is 62.3 Å². The molecule has 4 heteroatoms. The quantitative estimate of drug-likeness (QED) is 0.468. The van der Waals surface area contributed by atoms with Gasteiger partial charge in [-0.05, 0) is 36.1 Å². The highest BCUT2D eigenvalue weighted by molar-refractivity contribution is 5.95. The molecule has 3 rings (SSSR count). The Balaban J connectivity index is 1.57. The number of nitrogens with zero attached hydrogens (tertiary/aromatic N) is 1. The number of hydrogen-bond donors (Lipinski definition) is 0. The molecule has 2 nitrogen and oxygen atoms in total. The molecule has 2 aromatic carbocycles. The molecule has 1 aliphatic heterocycles. The monoisotopic (exact) mass is 371 g/mol. The second-order valence-electron chi connectivity index (χ2n) is 7.12. The normalized spacial score (nSPS) is 16.3. The lowest BCUT2D eigenvalue weighted by Crippen LogP contribution is -2.07. The van der Waals surface area contributed by atoms with Crippen molar-refractivity contribution in [1.82, 2.24) is 0 Å². The third-order valence-electron chi connectivity index (χ3n) is 5.01. The maximum Gasteiger partial charge on any atom is 0.222 e. The second kappa shape index (κ2) is 9.63. The Morgan fingerprint density at radius 3 is 2.30 bits per heavy atom. The molecule has 0 aliphatic carbocycles. The number of unbranched alkanes of at least 4 members (excludes halogenated alkanes) is 5. The van der Waals surface area contributed by atoms with Crippen LogP contribution in [-0.2, 0) is 11.2 Å². The van der Waals surface area contributed by atoms with Crippen LogP contribution in [0.5, 0.6) is 0 Å². The van der Waals surface area contributed by atoms with Crippen LogP contribution in [0, 0.1) is 11.6 Å². The van der Waals surface area contributed by atoms with Gasteiger partial charge in [0.15, 0.2) is 0 Å². The van der Waals surface area contributed by atoms with Crippen molar-refractivity contribution in [2.24, 2.45) is 4.99 Å². The van der Waals surface area contributed by atoms with Crippen molar-refractivity contribution in [1.29, 1.82) is 0 Å². The number of ether oxygens (including phenoxy) is 1. The molecule has 0 N–H and O–H groups in total. The Labute approximate surface area is 160 Å². The summed E-state index contributed by atoms with van der Waals surface area (Å²) >= 11 is 0. The van der Waals surface area contributed by atoms with Crippen LogP contribution in [0.25, 0.3) is 0 Å². The van der Waals surface area contributed by atoms with Gasteiger partial charge in [-0.15, -0.1) is 0 Å². The van der Waals surface area contributed by atoms with Gasteiger partial charge < -0.3 is 4.74 Å². The fourth-order valence-electron chi connectivity index (χ4n) is 3.40. The Bertz CT molecular complexity index is 750. The topological polar surface area (TPSA) is 21.6 Å². The van der Waals surface area contributed by atoms with Crippen molar-refractivity contribution in [2.75, 3.05) is 6.61 Å². The van der Waals surface area contributed by atoms with Crippen molar-refractivity contribution in [3.05, 3.63) is 70.8 Å². The van der Waals surface area contributed by atoms with E-state index in [2.05, 4.69) is 24.0 Å². The lowest BCUT2D eigenvalue weighted by atomic mass is 10.0. The average molecular weight is 371 g/mol. The van der Waals surface area contributed by atoms with E-state index >= 15 is 0 Å². The predicted octanol–water partition coefficient (Wildman–Crippen LogP) is 6.39. The lowest BCUT2D eigenvalue weighted by Gasteiger charge is -2.07. The molecule has 0 saturated carbocycles. The first-order valence-corrected chi connectivity index (χ1v) is 9.93. The van der Waals surface area contributed by atoms with Crippen LogP contribution < -0.4 is 0 Å². The number of aryl methyl sites for hydroxylation is 1. The zero-order valence-electron chi connectivity index (χ0n) is 15.9. The molecule has 2 aromatic rings. The summed E-state index contributed by atoms with van der Waals surface area (Å²) in [6.07, 6.45) is 8.83. The van der Waals surface area contributed by atoms with Gasteiger partial charge in [-0.25, -0.2) is 13.8 Å². The minimum atomic E-state index is -0.649. The zero-order chi connectivity index (χ0) is 19.1.